The van der Waals surface area contributed by atoms with E-state index in [1.54, 1.807) is 0 Å². The first-order valence-corrected chi connectivity index (χ1v) is 8.72. The zero-order chi connectivity index (χ0) is 13.8. The molecular weight excluding hydrogens is 330 g/mol. The Balaban J connectivity index is 1.67. The van der Waals surface area contributed by atoms with E-state index >= 15 is 0 Å². The molecule has 0 radical (unpaired) electrons. The summed E-state index contributed by atoms with van der Waals surface area (Å²) in [6.45, 7) is 2.18. The Labute approximate surface area is 133 Å². The van der Waals surface area contributed by atoms with Crippen LogP contribution in [-0.4, -0.2) is 18.8 Å². The maximum absolute atomic E-state index is 3.71. The maximum atomic E-state index is 3.71. The van der Waals surface area contributed by atoms with Crippen molar-refractivity contribution < 1.29 is 0 Å². The number of benzene rings is 2. The second-order valence-electron chi connectivity index (χ2n) is 5.28. The van der Waals surface area contributed by atoms with Gasteiger partial charge in [0.2, 0.25) is 0 Å². The summed E-state index contributed by atoms with van der Waals surface area (Å²) in [5.74, 6) is 1.16. The van der Waals surface area contributed by atoms with Crippen LogP contribution in [0.1, 0.15) is 12.0 Å². The molecule has 20 heavy (non-hydrogen) atoms. The van der Waals surface area contributed by atoms with Crippen molar-refractivity contribution in [3.63, 3.8) is 0 Å². The Morgan fingerprint density at radius 3 is 2.35 bits per heavy atom. The fraction of sp³-hybridized carbons (Fsp3) is 0.294. The molecule has 3 heteroatoms. The van der Waals surface area contributed by atoms with Crippen LogP contribution in [0.4, 0.5) is 0 Å². The van der Waals surface area contributed by atoms with E-state index in [2.05, 4.69) is 75.8 Å². The molecule has 0 aromatic heterocycles. The number of thioether (sulfide) groups is 1. The quantitative estimate of drug-likeness (QED) is 0.800. The third kappa shape index (κ3) is 2.95. The second-order valence-corrected chi connectivity index (χ2v) is 7.30. The fourth-order valence-electron chi connectivity index (χ4n) is 2.70. The largest absolute Gasteiger partial charge is 0.315 e. The molecule has 1 aliphatic rings. The van der Waals surface area contributed by atoms with E-state index in [9.17, 15) is 0 Å². The number of rotatable bonds is 5. The van der Waals surface area contributed by atoms with E-state index in [-0.39, 0.29) is 0 Å². The summed E-state index contributed by atoms with van der Waals surface area (Å²) in [4.78, 5) is 1.36. The van der Waals surface area contributed by atoms with Crippen LogP contribution in [0.5, 0.6) is 0 Å². The third-order valence-electron chi connectivity index (χ3n) is 3.96. The fourth-order valence-corrected chi connectivity index (χ4v) is 4.48. The minimum atomic E-state index is 0.307. The van der Waals surface area contributed by atoms with Crippen LogP contribution in [0, 0.1) is 0 Å². The van der Waals surface area contributed by atoms with Crippen molar-refractivity contribution in [2.24, 2.45) is 0 Å². The van der Waals surface area contributed by atoms with Gasteiger partial charge in [-0.25, -0.2) is 0 Å². The van der Waals surface area contributed by atoms with E-state index in [4.69, 9.17) is 0 Å². The zero-order valence-electron chi connectivity index (χ0n) is 11.3. The standard InChI is InChI=1S/C17H18BrNS/c18-16-9-5-4-8-15(16)17(12-19-13-17)10-11-20-14-6-2-1-3-7-14/h1-9,19H,10-13H2. The summed E-state index contributed by atoms with van der Waals surface area (Å²) in [7, 11) is 0. The molecule has 0 aliphatic carbocycles. The van der Waals surface area contributed by atoms with Gasteiger partial charge < -0.3 is 5.32 Å². The van der Waals surface area contributed by atoms with Gasteiger partial charge in [0.25, 0.3) is 0 Å². The zero-order valence-corrected chi connectivity index (χ0v) is 13.7. The lowest BCUT2D eigenvalue weighted by molar-refractivity contribution is 0.268. The number of hydrogen-bond acceptors (Lipinski definition) is 2. The van der Waals surface area contributed by atoms with E-state index < -0.39 is 0 Å². The smallest absolute Gasteiger partial charge is 0.0221 e. The van der Waals surface area contributed by atoms with Crippen LogP contribution in [-0.2, 0) is 5.41 Å². The van der Waals surface area contributed by atoms with Crippen LogP contribution in [0.3, 0.4) is 0 Å². The second kappa shape index (κ2) is 6.33. The predicted octanol–water partition coefficient (Wildman–Crippen LogP) is 4.47. The first-order chi connectivity index (χ1) is 9.80. The maximum Gasteiger partial charge on any atom is 0.0221 e. The first-order valence-electron chi connectivity index (χ1n) is 6.94. The number of nitrogens with one attached hydrogen (secondary N) is 1. The van der Waals surface area contributed by atoms with Crippen LogP contribution in [0.25, 0.3) is 0 Å². The van der Waals surface area contributed by atoms with Gasteiger partial charge in [0.1, 0.15) is 0 Å². The van der Waals surface area contributed by atoms with Gasteiger partial charge in [0.15, 0.2) is 0 Å². The van der Waals surface area contributed by atoms with E-state index in [0.29, 0.717) is 5.41 Å². The van der Waals surface area contributed by atoms with Crippen LogP contribution < -0.4 is 5.32 Å². The van der Waals surface area contributed by atoms with Crippen LogP contribution >= 0.6 is 27.7 Å². The van der Waals surface area contributed by atoms with Crippen molar-refractivity contribution in [3.05, 3.63) is 64.6 Å². The van der Waals surface area contributed by atoms with Crippen molar-refractivity contribution in [1.29, 1.82) is 0 Å². The highest BCUT2D eigenvalue weighted by Crippen LogP contribution is 2.38. The van der Waals surface area contributed by atoms with Gasteiger partial charge >= 0.3 is 0 Å². The summed E-state index contributed by atoms with van der Waals surface area (Å²) in [5, 5.41) is 3.45. The van der Waals surface area contributed by atoms with E-state index in [1.807, 2.05) is 11.8 Å². The van der Waals surface area contributed by atoms with Gasteiger partial charge in [0.05, 0.1) is 0 Å². The molecule has 0 bridgehead atoms. The molecule has 1 N–H and O–H groups in total. The molecule has 1 fully saturated rings. The Morgan fingerprint density at radius 1 is 1.00 bits per heavy atom. The van der Waals surface area contributed by atoms with Crippen LogP contribution in [0.15, 0.2) is 64.0 Å². The summed E-state index contributed by atoms with van der Waals surface area (Å²) in [6.07, 6.45) is 1.21. The number of hydrogen-bond donors (Lipinski definition) is 1. The highest BCUT2D eigenvalue weighted by molar-refractivity contribution is 9.10. The molecule has 1 heterocycles. The molecule has 104 valence electrons. The monoisotopic (exact) mass is 347 g/mol. The van der Waals surface area contributed by atoms with Crippen molar-refractivity contribution >= 4 is 27.7 Å². The molecular formula is C17H18BrNS. The molecule has 3 rings (SSSR count). The molecule has 0 atom stereocenters. The molecule has 2 aromatic carbocycles. The van der Waals surface area contributed by atoms with Crippen molar-refractivity contribution in [1.82, 2.24) is 5.32 Å². The average molecular weight is 348 g/mol. The Bertz CT molecular complexity index is 566. The molecule has 1 saturated heterocycles. The van der Waals surface area contributed by atoms with Gasteiger partial charge in [0, 0.05) is 27.9 Å². The van der Waals surface area contributed by atoms with Gasteiger partial charge in [-0.2, -0.15) is 0 Å². The Morgan fingerprint density at radius 2 is 1.70 bits per heavy atom. The van der Waals surface area contributed by atoms with Gasteiger partial charge in [-0.05, 0) is 35.9 Å². The summed E-state index contributed by atoms with van der Waals surface area (Å²) in [5.41, 5.74) is 1.76. The Kier molecular flexibility index (Phi) is 4.49. The average Bonchev–Trinajstić information content (AvgIpc) is 2.44. The topological polar surface area (TPSA) is 12.0 Å². The van der Waals surface area contributed by atoms with Gasteiger partial charge in [-0.3, -0.25) is 0 Å². The van der Waals surface area contributed by atoms with Crippen molar-refractivity contribution in [3.8, 4) is 0 Å². The van der Waals surface area contributed by atoms with E-state index in [1.165, 1.54) is 21.4 Å². The summed E-state index contributed by atoms with van der Waals surface area (Å²) >= 11 is 5.66. The van der Waals surface area contributed by atoms with Gasteiger partial charge in [-0.1, -0.05) is 52.3 Å². The minimum absolute atomic E-state index is 0.307. The lowest BCUT2D eigenvalue weighted by atomic mass is 9.73. The van der Waals surface area contributed by atoms with Crippen molar-refractivity contribution in [2.45, 2.75) is 16.7 Å². The minimum Gasteiger partial charge on any atom is -0.315 e. The molecule has 0 unspecified atom stereocenters. The highest BCUT2D eigenvalue weighted by Gasteiger charge is 2.39. The molecule has 0 saturated carbocycles. The lowest BCUT2D eigenvalue weighted by Crippen LogP contribution is -2.57. The molecule has 0 amide bonds. The lowest BCUT2D eigenvalue weighted by Gasteiger charge is -2.44. The molecule has 1 nitrogen and oxygen atoms in total. The van der Waals surface area contributed by atoms with Crippen LogP contribution in [0.2, 0.25) is 0 Å². The number of halogens is 1. The summed E-state index contributed by atoms with van der Waals surface area (Å²) < 4.78 is 1.24. The van der Waals surface area contributed by atoms with Gasteiger partial charge in [-0.15, -0.1) is 11.8 Å². The third-order valence-corrected chi connectivity index (χ3v) is 5.67. The summed E-state index contributed by atoms with van der Waals surface area (Å²) in [6, 6.07) is 19.3. The first kappa shape index (κ1) is 14.2. The van der Waals surface area contributed by atoms with Crippen molar-refractivity contribution in [2.75, 3.05) is 18.8 Å². The Hall–Kier alpha value is -0.770. The molecule has 1 aliphatic heterocycles. The van der Waals surface area contributed by atoms with E-state index in [0.717, 1.165) is 18.8 Å². The SMILES string of the molecule is Brc1ccccc1C1(CCSc2ccccc2)CNC1. The predicted molar refractivity (Wildman–Crippen MR) is 90.5 cm³/mol. The highest BCUT2D eigenvalue weighted by atomic mass is 79.9. The molecule has 2 aromatic rings. The molecule has 0 spiro atoms. The normalized spacial score (nSPS) is 16.6.